The lowest BCUT2D eigenvalue weighted by Gasteiger charge is -2.34. The summed E-state index contributed by atoms with van der Waals surface area (Å²) in [6.45, 7) is 5.28. The Morgan fingerprint density at radius 2 is 2.11 bits per heavy atom. The van der Waals surface area contributed by atoms with E-state index >= 15 is 0 Å². The number of morpholine rings is 1. The lowest BCUT2D eigenvalue weighted by atomic mass is 10.2. The number of carbonyl (C=O) groups excluding carboxylic acids is 1. The van der Waals surface area contributed by atoms with Crippen LogP contribution in [0.5, 0.6) is 0 Å². The molecule has 5 nitrogen and oxygen atoms in total. The zero-order valence-corrected chi connectivity index (χ0v) is 11.0. The first-order valence-electron chi connectivity index (χ1n) is 6.15. The average molecular weight is 249 g/mol. The first-order chi connectivity index (χ1) is 8.54. The second-order valence-corrected chi connectivity index (χ2v) is 4.78. The van der Waals surface area contributed by atoms with Crippen LogP contribution in [-0.2, 0) is 16.6 Å². The summed E-state index contributed by atoms with van der Waals surface area (Å²) in [4.78, 5) is 13.9. The Hall–Kier alpha value is -1.62. The second-order valence-electron chi connectivity index (χ2n) is 4.78. The van der Waals surface area contributed by atoms with Crippen LogP contribution < -0.4 is 0 Å². The van der Waals surface area contributed by atoms with E-state index in [0.717, 1.165) is 5.56 Å². The topological polar surface area (TPSA) is 47.4 Å². The van der Waals surface area contributed by atoms with Crippen molar-refractivity contribution in [2.45, 2.75) is 26.1 Å². The van der Waals surface area contributed by atoms with Crippen molar-refractivity contribution in [2.24, 2.45) is 7.05 Å². The molecule has 0 aliphatic carbocycles. The van der Waals surface area contributed by atoms with Crippen LogP contribution in [0.15, 0.2) is 18.5 Å². The van der Waals surface area contributed by atoms with E-state index in [9.17, 15) is 4.79 Å². The Morgan fingerprint density at radius 1 is 1.44 bits per heavy atom. The molecule has 18 heavy (non-hydrogen) atoms. The van der Waals surface area contributed by atoms with Crippen LogP contribution in [0.4, 0.5) is 0 Å². The van der Waals surface area contributed by atoms with E-state index in [1.165, 1.54) is 0 Å². The number of carbonyl (C=O) groups is 1. The van der Waals surface area contributed by atoms with Crippen LogP contribution in [0.2, 0.25) is 0 Å². The van der Waals surface area contributed by atoms with Crippen LogP contribution >= 0.6 is 0 Å². The van der Waals surface area contributed by atoms with Gasteiger partial charge in [0, 0.05) is 38.0 Å². The fraction of sp³-hybridized carbons (Fsp3) is 0.538. The molecular formula is C13H19N3O2. The molecule has 1 amide bonds. The Kier molecular flexibility index (Phi) is 3.81. The maximum Gasteiger partial charge on any atom is 0.246 e. The fourth-order valence-electron chi connectivity index (χ4n) is 2.16. The monoisotopic (exact) mass is 249 g/mol. The highest BCUT2D eigenvalue weighted by atomic mass is 16.5. The molecule has 2 heterocycles. The quantitative estimate of drug-likeness (QED) is 0.737. The van der Waals surface area contributed by atoms with Gasteiger partial charge in [-0.1, -0.05) is 0 Å². The van der Waals surface area contributed by atoms with Crippen LogP contribution in [0.25, 0.3) is 6.08 Å². The van der Waals surface area contributed by atoms with Gasteiger partial charge in [0.25, 0.3) is 0 Å². The van der Waals surface area contributed by atoms with Crippen molar-refractivity contribution in [3.63, 3.8) is 0 Å². The van der Waals surface area contributed by atoms with Crippen molar-refractivity contribution in [3.8, 4) is 0 Å². The summed E-state index contributed by atoms with van der Waals surface area (Å²) in [6, 6.07) is 0. The first-order valence-corrected chi connectivity index (χ1v) is 6.15. The molecule has 2 rings (SSSR count). The molecule has 98 valence electrons. The summed E-state index contributed by atoms with van der Waals surface area (Å²) in [5, 5.41) is 4.05. The first kappa shape index (κ1) is 12.8. The molecule has 0 spiro atoms. The van der Waals surface area contributed by atoms with Gasteiger partial charge < -0.3 is 9.64 Å². The number of hydrogen-bond donors (Lipinski definition) is 0. The molecule has 0 bridgehead atoms. The predicted molar refractivity (Wildman–Crippen MR) is 68.8 cm³/mol. The van der Waals surface area contributed by atoms with E-state index in [-0.39, 0.29) is 18.1 Å². The molecule has 0 radical (unpaired) electrons. The summed E-state index contributed by atoms with van der Waals surface area (Å²) in [6.07, 6.45) is 7.19. The van der Waals surface area contributed by atoms with Gasteiger partial charge in [0.05, 0.1) is 18.4 Å². The standard InChI is InChI=1S/C13H19N3O2/c1-10-7-16(8-11(2)18-10)13(17)5-4-12-6-14-15(3)9-12/h4-6,9-11H,7-8H2,1-3H3/b5-4+/t10-,11+. The van der Waals surface area contributed by atoms with Crippen molar-refractivity contribution in [1.82, 2.24) is 14.7 Å². The third-order valence-electron chi connectivity index (χ3n) is 2.87. The summed E-state index contributed by atoms with van der Waals surface area (Å²) in [5.74, 6) is 0.0286. The minimum atomic E-state index is 0.0286. The van der Waals surface area contributed by atoms with Crippen molar-refractivity contribution in [3.05, 3.63) is 24.0 Å². The van der Waals surface area contributed by atoms with Crippen molar-refractivity contribution < 1.29 is 9.53 Å². The molecule has 1 fully saturated rings. The van der Waals surface area contributed by atoms with Gasteiger partial charge in [-0.3, -0.25) is 9.48 Å². The lowest BCUT2D eigenvalue weighted by molar-refractivity contribution is -0.137. The molecule has 0 saturated carbocycles. The van der Waals surface area contributed by atoms with Gasteiger partial charge in [-0.05, 0) is 19.9 Å². The molecule has 0 unspecified atom stereocenters. The molecule has 5 heteroatoms. The molecule has 0 N–H and O–H groups in total. The van der Waals surface area contributed by atoms with Gasteiger partial charge >= 0.3 is 0 Å². The highest BCUT2D eigenvalue weighted by Gasteiger charge is 2.24. The molecule has 1 aliphatic rings. The van der Waals surface area contributed by atoms with Crippen molar-refractivity contribution >= 4 is 12.0 Å². The van der Waals surface area contributed by atoms with E-state index < -0.39 is 0 Å². The smallest absolute Gasteiger partial charge is 0.246 e. The average Bonchev–Trinajstić information content (AvgIpc) is 2.70. The Bertz CT molecular complexity index is 443. The summed E-state index contributed by atoms with van der Waals surface area (Å²) < 4.78 is 7.31. The number of rotatable bonds is 2. The predicted octanol–water partition coefficient (Wildman–Crippen LogP) is 1.07. The van der Waals surface area contributed by atoms with E-state index in [1.54, 1.807) is 23.0 Å². The van der Waals surface area contributed by atoms with Gasteiger partial charge in [-0.15, -0.1) is 0 Å². The molecular weight excluding hydrogens is 230 g/mol. The van der Waals surface area contributed by atoms with E-state index in [4.69, 9.17) is 4.74 Å². The molecule has 1 saturated heterocycles. The van der Waals surface area contributed by atoms with Crippen LogP contribution in [0, 0.1) is 0 Å². The minimum absolute atomic E-state index is 0.0286. The van der Waals surface area contributed by atoms with Gasteiger partial charge in [0.2, 0.25) is 5.91 Å². The zero-order valence-electron chi connectivity index (χ0n) is 11.0. The largest absolute Gasteiger partial charge is 0.372 e. The van der Waals surface area contributed by atoms with Gasteiger partial charge in [0.1, 0.15) is 0 Å². The SMILES string of the molecule is C[C@@H]1CN(C(=O)/C=C/c2cnn(C)c2)C[C@H](C)O1. The summed E-state index contributed by atoms with van der Waals surface area (Å²) in [5.41, 5.74) is 0.931. The van der Waals surface area contributed by atoms with Crippen molar-refractivity contribution in [1.29, 1.82) is 0 Å². The number of ether oxygens (including phenoxy) is 1. The highest BCUT2D eigenvalue weighted by molar-refractivity contribution is 5.91. The third-order valence-corrected chi connectivity index (χ3v) is 2.87. The summed E-state index contributed by atoms with van der Waals surface area (Å²) >= 11 is 0. The maximum atomic E-state index is 12.0. The number of aromatic nitrogens is 2. The zero-order chi connectivity index (χ0) is 13.1. The van der Waals surface area contributed by atoms with Crippen LogP contribution in [-0.4, -0.2) is 45.9 Å². The number of hydrogen-bond acceptors (Lipinski definition) is 3. The molecule has 1 aromatic heterocycles. The molecule has 2 atom stereocenters. The van der Waals surface area contributed by atoms with E-state index in [2.05, 4.69) is 5.10 Å². The Labute approximate surface area is 107 Å². The highest BCUT2D eigenvalue weighted by Crippen LogP contribution is 2.11. The lowest BCUT2D eigenvalue weighted by Crippen LogP contribution is -2.47. The molecule has 0 aromatic carbocycles. The second kappa shape index (κ2) is 5.35. The van der Waals surface area contributed by atoms with Gasteiger partial charge in [-0.25, -0.2) is 0 Å². The Balaban J connectivity index is 1.97. The fourth-order valence-corrected chi connectivity index (χ4v) is 2.16. The van der Waals surface area contributed by atoms with Gasteiger partial charge in [-0.2, -0.15) is 5.10 Å². The Morgan fingerprint density at radius 3 is 2.67 bits per heavy atom. The summed E-state index contributed by atoms with van der Waals surface area (Å²) in [7, 11) is 1.85. The van der Waals surface area contributed by atoms with Crippen LogP contribution in [0.1, 0.15) is 19.4 Å². The van der Waals surface area contributed by atoms with Crippen molar-refractivity contribution in [2.75, 3.05) is 13.1 Å². The normalized spacial score (nSPS) is 24.7. The van der Waals surface area contributed by atoms with E-state index in [0.29, 0.717) is 13.1 Å². The molecule has 1 aliphatic heterocycles. The third kappa shape index (κ3) is 3.20. The number of nitrogens with zero attached hydrogens (tertiary/aromatic N) is 3. The van der Waals surface area contributed by atoms with E-state index in [1.807, 2.05) is 32.0 Å². The van der Waals surface area contributed by atoms with Crippen LogP contribution in [0.3, 0.4) is 0 Å². The number of aryl methyl sites for hydroxylation is 1. The number of amides is 1. The minimum Gasteiger partial charge on any atom is -0.372 e. The van der Waals surface area contributed by atoms with Gasteiger partial charge in [0.15, 0.2) is 0 Å². The molecule has 1 aromatic rings. The maximum absolute atomic E-state index is 12.0.